The Hall–Kier alpha value is -1.07. The number of hydrogen-bond acceptors (Lipinski definition) is 3. The first-order chi connectivity index (χ1) is 8.56. The van der Waals surface area contributed by atoms with E-state index >= 15 is 0 Å². The minimum Gasteiger partial charge on any atom is -0.392 e. The van der Waals surface area contributed by atoms with Crippen LogP contribution < -0.4 is 11.1 Å². The van der Waals surface area contributed by atoms with Crippen molar-refractivity contribution < 1.29 is 4.79 Å². The topological polar surface area (TPSA) is 55.1 Å². The molecule has 98 valence electrons. The van der Waals surface area contributed by atoms with Gasteiger partial charge in [0, 0.05) is 11.8 Å². The summed E-state index contributed by atoms with van der Waals surface area (Å²) < 4.78 is 0. The Morgan fingerprint density at radius 1 is 1.44 bits per heavy atom. The van der Waals surface area contributed by atoms with E-state index in [1.807, 2.05) is 43.5 Å². The van der Waals surface area contributed by atoms with Crippen molar-refractivity contribution >= 4 is 34.9 Å². The summed E-state index contributed by atoms with van der Waals surface area (Å²) in [5, 5.41) is 2.93. The molecule has 0 aromatic heterocycles. The Labute approximate surface area is 118 Å². The van der Waals surface area contributed by atoms with Gasteiger partial charge in [0.1, 0.15) is 5.92 Å². The van der Waals surface area contributed by atoms with Crippen molar-refractivity contribution in [1.82, 2.24) is 5.32 Å². The van der Waals surface area contributed by atoms with Gasteiger partial charge in [0.15, 0.2) is 0 Å². The van der Waals surface area contributed by atoms with Gasteiger partial charge in [-0.3, -0.25) is 4.79 Å². The van der Waals surface area contributed by atoms with Crippen LogP contribution in [0.25, 0.3) is 0 Å². The van der Waals surface area contributed by atoms with E-state index in [1.165, 1.54) is 0 Å². The van der Waals surface area contributed by atoms with Gasteiger partial charge in [-0.2, -0.15) is 11.8 Å². The summed E-state index contributed by atoms with van der Waals surface area (Å²) in [7, 11) is 0. The van der Waals surface area contributed by atoms with Gasteiger partial charge in [-0.1, -0.05) is 42.5 Å². The van der Waals surface area contributed by atoms with Crippen LogP contribution in [-0.2, 0) is 4.79 Å². The van der Waals surface area contributed by atoms with Gasteiger partial charge < -0.3 is 11.1 Å². The summed E-state index contributed by atoms with van der Waals surface area (Å²) in [6.07, 6.45) is 2.00. The average Bonchev–Trinajstić information content (AvgIpc) is 2.30. The molecule has 18 heavy (non-hydrogen) atoms. The molecule has 1 aromatic carbocycles. The summed E-state index contributed by atoms with van der Waals surface area (Å²) in [4.78, 5) is 12.4. The third-order valence-corrected chi connectivity index (χ3v) is 3.55. The van der Waals surface area contributed by atoms with Crippen LogP contribution in [0.15, 0.2) is 30.3 Å². The molecule has 5 heteroatoms. The molecule has 3 N–H and O–H groups in total. The van der Waals surface area contributed by atoms with E-state index < -0.39 is 5.92 Å². The molecule has 0 heterocycles. The predicted molar refractivity (Wildman–Crippen MR) is 82.0 cm³/mol. The number of carbonyl (C=O) groups is 1. The number of carbonyl (C=O) groups excluding carboxylic acids is 1. The normalized spacial score (nSPS) is 13.7. The van der Waals surface area contributed by atoms with E-state index in [4.69, 9.17) is 18.0 Å². The number of nitrogens with one attached hydrogen (secondary N) is 1. The fourth-order valence-corrected chi connectivity index (χ4v) is 2.53. The van der Waals surface area contributed by atoms with Gasteiger partial charge >= 0.3 is 0 Å². The van der Waals surface area contributed by atoms with Crippen molar-refractivity contribution in [2.45, 2.75) is 18.9 Å². The van der Waals surface area contributed by atoms with Crippen molar-refractivity contribution in [2.24, 2.45) is 5.73 Å². The summed E-state index contributed by atoms with van der Waals surface area (Å²) in [6, 6.07) is 9.48. The molecule has 0 aliphatic carbocycles. The lowest BCUT2D eigenvalue weighted by molar-refractivity contribution is -0.121. The Kier molecular flexibility index (Phi) is 6.15. The van der Waals surface area contributed by atoms with Crippen LogP contribution in [0.1, 0.15) is 18.4 Å². The van der Waals surface area contributed by atoms with Gasteiger partial charge in [0.05, 0.1) is 4.99 Å². The number of benzene rings is 1. The standard InChI is InChI=1S/C13H18N2OS2/c1-9(8-18-2)15-13(16)11(12(14)17)10-6-4-3-5-7-10/h3-7,9,11H,8H2,1-2H3,(H2,14,17)(H,15,16). The lowest BCUT2D eigenvalue weighted by Gasteiger charge is -2.19. The molecule has 0 radical (unpaired) electrons. The van der Waals surface area contributed by atoms with Crippen molar-refractivity contribution in [3.05, 3.63) is 35.9 Å². The highest BCUT2D eigenvalue weighted by Crippen LogP contribution is 2.16. The SMILES string of the molecule is CSCC(C)NC(=O)C(C(N)=S)c1ccccc1. The number of thiocarbonyl (C=S) groups is 1. The molecule has 2 unspecified atom stereocenters. The quantitative estimate of drug-likeness (QED) is 0.783. The monoisotopic (exact) mass is 282 g/mol. The Bertz CT molecular complexity index is 409. The molecule has 1 amide bonds. The van der Waals surface area contributed by atoms with E-state index in [2.05, 4.69) is 5.32 Å². The molecule has 0 aliphatic rings. The Morgan fingerprint density at radius 2 is 2.06 bits per heavy atom. The number of amides is 1. The number of thioether (sulfide) groups is 1. The van der Waals surface area contributed by atoms with E-state index in [-0.39, 0.29) is 16.9 Å². The molecule has 0 spiro atoms. The lowest BCUT2D eigenvalue weighted by Crippen LogP contribution is -2.41. The summed E-state index contributed by atoms with van der Waals surface area (Å²) in [5.74, 6) is 0.186. The van der Waals surface area contributed by atoms with Gasteiger partial charge in [0.2, 0.25) is 5.91 Å². The zero-order chi connectivity index (χ0) is 13.5. The molecule has 3 nitrogen and oxygen atoms in total. The highest BCUT2D eigenvalue weighted by molar-refractivity contribution is 7.98. The molecule has 0 aliphatic heterocycles. The van der Waals surface area contributed by atoms with Crippen LogP contribution in [0, 0.1) is 0 Å². The van der Waals surface area contributed by atoms with E-state index in [9.17, 15) is 4.79 Å². The highest BCUT2D eigenvalue weighted by atomic mass is 32.2. The molecular formula is C13H18N2OS2. The van der Waals surface area contributed by atoms with Crippen molar-refractivity contribution in [3.63, 3.8) is 0 Å². The number of rotatable bonds is 6. The van der Waals surface area contributed by atoms with Crippen molar-refractivity contribution in [3.8, 4) is 0 Å². The summed E-state index contributed by atoms with van der Waals surface area (Å²) in [6.45, 7) is 1.97. The Morgan fingerprint density at radius 3 is 2.56 bits per heavy atom. The molecule has 0 saturated carbocycles. The minimum atomic E-state index is -0.550. The fraction of sp³-hybridized carbons (Fsp3) is 0.385. The third-order valence-electron chi connectivity index (χ3n) is 2.48. The maximum atomic E-state index is 12.2. The molecular weight excluding hydrogens is 264 g/mol. The minimum absolute atomic E-state index is 0.105. The van der Waals surface area contributed by atoms with Crippen molar-refractivity contribution in [1.29, 1.82) is 0 Å². The van der Waals surface area contributed by atoms with E-state index in [0.717, 1.165) is 11.3 Å². The zero-order valence-electron chi connectivity index (χ0n) is 10.6. The summed E-state index contributed by atoms with van der Waals surface area (Å²) in [5.41, 5.74) is 6.52. The van der Waals surface area contributed by atoms with Crippen LogP contribution in [0.2, 0.25) is 0 Å². The first-order valence-electron chi connectivity index (χ1n) is 5.69. The van der Waals surface area contributed by atoms with Crippen LogP contribution in [0.4, 0.5) is 0 Å². The smallest absolute Gasteiger partial charge is 0.234 e. The molecule has 0 saturated heterocycles. The second kappa shape index (κ2) is 7.38. The van der Waals surface area contributed by atoms with Crippen LogP contribution >= 0.6 is 24.0 Å². The summed E-state index contributed by atoms with van der Waals surface area (Å²) >= 11 is 6.69. The largest absolute Gasteiger partial charge is 0.392 e. The second-order valence-corrected chi connectivity index (χ2v) is 5.49. The molecule has 1 aromatic rings. The first kappa shape index (κ1) is 15.0. The number of hydrogen-bond donors (Lipinski definition) is 2. The zero-order valence-corrected chi connectivity index (χ0v) is 12.2. The fourth-order valence-electron chi connectivity index (χ4n) is 1.71. The van der Waals surface area contributed by atoms with Gasteiger partial charge in [-0.15, -0.1) is 0 Å². The third kappa shape index (κ3) is 4.31. The molecule has 0 fully saturated rings. The maximum absolute atomic E-state index is 12.2. The number of nitrogens with two attached hydrogens (primary N) is 1. The van der Waals surface area contributed by atoms with Crippen LogP contribution in [0.3, 0.4) is 0 Å². The van der Waals surface area contributed by atoms with Crippen LogP contribution in [0.5, 0.6) is 0 Å². The van der Waals surface area contributed by atoms with E-state index in [0.29, 0.717) is 0 Å². The van der Waals surface area contributed by atoms with Crippen LogP contribution in [-0.4, -0.2) is 28.9 Å². The lowest BCUT2D eigenvalue weighted by atomic mass is 9.98. The van der Waals surface area contributed by atoms with Gasteiger partial charge in [0.25, 0.3) is 0 Å². The van der Waals surface area contributed by atoms with E-state index in [1.54, 1.807) is 11.8 Å². The average molecular weight is 282 g/mol. The molecule has 1 rings (SSSR count). The second-order valence-electron chi connectivity index (χ2n) is 4.11. The first-order valence-corrected chi connectivity index (χ1v) is 7.50. The molecule has 2 atom stereocenters. The van der Waals surface area contributed by atoms with Gasteiger partial charge in [-0.05, 0) is 18.7 Å². The maximum Gasteiger partial charge on any atom is 0.234 e. The highest BCUT2D eigenvalue weighted by Gasteiger charge is 2.24. The Balaban J connectivity index is 2.80. The molecule has 0 bridgehead atoms. The predicted octanol–water partition coefficient (Wildman–Crippen LogP) is 1.92. The van der Waals surface area contributed by atoms with Crippen molar-refractivity contribution in [2.75, 3.05) is 12.0 Å². The van der Waals surface area contributed by atoms with Gasteiger partial charge in [-0.25, -0.2) is 0 Å².